The average Bonchev–Trinajstić information content (AvgIpc) is 2.84. The van der Waals surface area contributed by atoms with Crippen molar-refractivity contribution >= 4 is 0 Å². The Balaban J connectivity index is 1.84. The SMILES string of the molecule is COc1ccc(C(O)CN(C)CC2CCCN2C)cc1. The Labute approximate surface area is 122 Å². The highest BCUT2D eigenvalue weighted by Crippen LogP contribution is 2.20. The fourth-order valence-electron chi connectivity index (χ4n) is 2.87. The first-order valence-electron chi connectivity index (χ1n) is 7.31. The highest BCUT2D eigenvalue weighted by atomic mass is 16.5. The standard InChI is InChI=1S/C16H26N2O2/c1-17(11-14-5-4-10-18(14)2)12-16(19)13-6-8-15(20-3)9-7-13/h6-9,14,16,19H,4-5,10-12H2,1-3H3. The molecule has 2 atom stereocenters. The summed E-state index contributed by atoms with van der Waals surface area (Å²) in [6, 6.07) is 8.27. The monoisotopic (exact) mass is 278 g/mol. The minimum absolute atomic E-state index is 0.447. The van der Waals surface area contributed by atoms with Gasteiger partial charge in [0.15, 0.2) is 0 Å². The maximum Gasteiger partial charge on any atom is 0.118 e. The lowest BCUT2D eigenvalue weighted by Gasteiger charge is -2.27. The number of likely N-dealkylation sites (N-methyl/N-ethyl adjacent to an activating group) is 2. The summed E-state index contributed by atoms with van der Waals surface area (Å²) < 4.78 is 5.13. The van der Waals surface area contributed by atoms with Crippen molar-refractivity contribution in [1.82, 2.24) is 9.80 Å². The van der Waals surface area contributed by atoms with E-state index in [9.17, 15) is 5.11 Å². The van der Waals surface area contributed by atoms with Crippen molar-refractivity contribution in [2.24, 2.45) is 0 Å². The lowest BCUT2D eigenvalue weighted by molar-refractivity contribution is 0.113. The minimum Gasteiger partial charge on any atom is -0.497 e. The van der Waals surface area contributed by atoms with Crippen LogP contribution in [0.5, 0.6) is 5.75 Å². The molecule has 0 aliphatic carbocycles. The molecule has 1 aromatic carbocycles. The maximum atomic E-state index is 10.3. The van der Waals surface area contributed by atoms with Crippen LogP contribution in [0.2, 0.25) is 0 Å². The third-order valence-corrected chi connectivity index (χ3v) is 4.18. The molecular formula is C16H26N2O2. The molecule has 0 amide bonds. The third-order valence-electron chi connectivity index (χ3n) is 4.18. The number of hydrogen-bond acceptors (Lipinski definition) is 4. The first kappa shape index (κ1) is 15.3. The summed E-state index contributed by atoms with van der Waals surface area (Å²) in [5, 5.41) is 10.3. The molecule has 1 saturated heterocycles. The van der Waals surface area contributed by atoms with Crippen molar-refractivity contribution in [3.05, 3.63) is 29.8 Å². The van der Waals surface area contributed by atoms with Crippen molar-refractivity contribution in [2.45, 2.75) is 25.0 Å². The second-order valence-electron chi connectivity index (χ2n) is 5.79. The van der Waals surface area contributed by atoms with E-state index in [4.69, 9.17) is 4.74 Å². The summed E-state index contributed by atoms with van der Waals surface area (Å²) in [6.07, 6.45) is 2.10. The van der Waals surface area contributed by atoms with Crippen LogP contribution in [0.1, 0.15) is 24.5 Å². The van der Waals surface area contributed by atoms with Gasteiger partial charge in [-0.25, -0.2) is 0 Å². The molecule has 0 bridgehead atoms. The Kier molecular flexibility index (Phi) is 5.40. The van der Waals surface area contributed by atoms with Crippen LogP contribution in [0.25, 0.3) is 0 Å². The van der Waals surface area contributed by atoms with Gasteiger partial charge in [0.2, 0.25) is 0 Å². The molecule has 1 aliphatic rings. The zero-order chi connectivity index (χ0) is 14.5. The van der Waals surface area contributed by atoms with Gasteiger partial charge in [0.1, 0.15) is 5.75 Å². The number of aliphatic hydroxyl groups excluding tert-OH is 1. The van der Waals surface area contributed by atoms with E-state index >= 15 is 0 Å². The second-order valence-corrected chi connectivity index (χ2v) is 5.79. The molecule has 1 fully saturated rings. The van der Waals surface area contributed by atoms with Crippen molar-refractivity contribution in [3.8, 4) is 5.75 Å². The molecule has 1 heterocycles. The molecule has 0 aromatic heterocycles. The minimum atomic E-state index is -0.447. The van der Waals surface area contributed by atoms with Crippen molar-refractivity contribution in [1.29, 1.82) is 0 Å². The predicted octanol–water partition coefficient (Wildman–Crippen LogP) is 1.75. The van der Waals surface area contributed by atoms with Gasteiger partial charge in [0, 0.05) is 19.1 Å². The number of likely N-dealkylation sites (tertiary alicyclic amines) is 1. The zero-order valence-corrected chi connectivity index (χ0v) is 12.7. The molecule has 1 aliphatic heterocycles. The Bertz CT molecular complexity index is 407. The van der Waals surface area contributed by atoms with Crippen LogP contribution in [0.15, 0.2) is 24.3 Å². The van der Waals surface area contributed by atoms with Gasteiger partial charge in [0.05, 0.1) is 13.2 Å². The normalized spacial score (nSPS) is 21.4. The number of aliphatic hydroxyl groups is 1. The van der Waals surface area contributed by atoms with E-state index in [1.54, 1.807) is 7.11 Å². The van der Waals surface area contributed by atoms with Gasteiger partial charge in [-0.1, -0.05) is 12.1 Å². The fraction of sp³-hybridized carbons (Fsp3) is 0.625. The lowest BCUT2D eigenvalue weighted by Crippen LogP contribution is -2.38. The van der Waals surface area contributed by atoms with Crippen molar-refractivity contribution < 1.29 is 9.84 Å². The third kappa shape index (κ3) is 3.95. The fourth-order valence-corrected chi connectivity index (χ4v) is 2.87. The summed E-state index contributed by atoms with van der Waals surface area (Å²) in [5.74, 6) is 0.821. The van der Waals surface area contributed by atoms with Crippen LogP contribution in [-0.4, -0.2) is 61.8 Å². The van der Waals surface area contributed by atoms with Crippen LogP contribution >= 0.6 is 0 Å². The first-order chi connectivity index (χ1) is 9.60. The Morgan fingerprint density at radius 3 is 2.65 bits per heavy atom. The highest BCUT2D eigenvalue weighted by Gasteiger charge is 2.22. The number of rotatable bonds is 6. The van der Waals surface area contributed by atoms with Gasteiger partial charge >= 0.3 is 0 Å². The number of benzene rings is 1. The molecule has 4 heteroatoms. The van der Waals surface area contributed by atoms with E-state index in [0.717, 1.165) is 17.9 Å². The van der Waals surface area contributed by atoms with Crippen LogP contribution < -0.4 is 4.74 Å². The molecule has 4 nitrogen and oxygen atoms in total. The summed E-state index contributed by atoms with van der Waals surface area (Å²) in [5.41, 5.74) is 0.942. The summed E-state index contributed by atoms with van der Waals surface area (Å²) in [7, 11) is 5.92. The molecule has 112 valence electrons. The summed E-state index contributed by atoms with van der Waals surface area (Å²) in [4.78, 5) is 4.64. The summed E-state index contributed by atoms with van der Waals surface area (Å²) in [6.45, 7) is 2.87. The van der Waals surface area contributed by atoms with Crippen LogP contribution in [0, 0.1) is 0 Å². The van der Waals surface area contributed by atoms with E-state index in [0.29, 0.717) is 12.6 Å². The molecule has 1 aromatic rings. The lowest BCUT2D eigenvalue weighted by atomic mass is 10.1. The Hall–Kier alpha value is -1.10. The van der Waals surface area contributed by atoms with Crippen LogP contribution in [0.4, 0.5) is 0 Å². The predicted molar refractivity (Wildman–Crippen MR) is 81.1 cm³/mol. The van der Waals surface area contributed by atoms with Gasteiger partial charge < -0.3 is 19.6 Å². The molecule has 2 unspecified atom stereocenters. The molecule has 0 radical (unpaired) electrons. The van der Waals surface area contributed by atoms with E-state index in [2.05, 4.69) is 23.9 Å². The van der Waals surface area contributed by atoms with Gasteiger partial charge in [0.25, 0.3) is 0 Å². The van der Waals surface area contributed by atoms with Crippen LogP contribution in [0.3, 0.4) is 0 Å². The van der Waals surface area contributed by atoms with Gasteiger partial charge in [-0.3, -0.25) is 0 Å². The van der Waals surface area contributed by atoms with Gasteiger partial charge in [-0.05, 0) is 51.2 Å². The smallest absolute Gasteiger partial charge is 0.118 e. The number of hydrogen-bond donors (Lipinski definition) is 1. The largest absolute Gasteiger partial charge is 0.497 e. The van der Waals surface area contributed by atoms with Crippen LogP contribution in [-0.2, 0) is 0 Å². The summed E-state index contributed by atoms with van der Waals surface area (Å²) >= 11 is 0. The van der Waals surface area contributed by atoms with E-state index in [-0.39, 0.29) is 0 Å². The van der Waals surface area contributed by atoms with E-state index in [1.807, 2.05) is 24.3 Å². The Morgan fingerprint density at radius 1 is 1.40 bits per heavy atom. The van der Waals surface area contributed by atoms with Crippen molar-refractivity contribution in [2.75, 3.05) is 40.8 Å². The van der Waals surface area contributed by atoms with E-state index < -0.39 is 6.10 Å². The zero-order valence-electron chi connectivity index (χ0n) is 12.7. The molecular weight excluding hydrogens is 252 g/mol. The highest BCUT2D eigenvalue weighted by molar-refractivity contribution is 5.28. The average molecular weight is 278 g/mol. The van der Waals surface area contributed by atoms with E-state index in [1.165, 1.54) is 19.4 Å². The number of ether oxygens (including phenoxy) is 1. The molecule has 2 rings (SSSR count). The number of methoxy groups -OCH3 is 1. The first-order valence-corrected chi connectivity index (χ1v) is 7.31. The quantitative estimate of drug-likeness (QED) is 0.860. The van der Waals surface area contributed by atoms with Crippen molar-refractivity contribution in [3.63, 3.8) is 0 Å². The molecule has 0 saturated carbocycles. The number of nitrogens with zero attached hydrogens (tertiary/aromatic N) is 2. The van der Waals surface area contributed by atoms with Gasteiger partial charge in [-0.15, -0.1) is 0 Å². The second kappa shape index (κ2) is 7.07. The van der Waals surface area contributed by atoms with Gasteiger partial charge in [-0.2, -0.15) is 0 Å². The molecule has 0 spiro atoms. The maximum absolute atomic E-state index is 10.3. The molecule has 20 heavy (non-hydrogen) atoms. The molecule has 1 N–H and O–H groups in total. The Morgan fingerprint density at radius 2 is 2.10 bits per heavy atom. The topological polar surface area (TPSA) is 35.9 Å².